The number of amides is 2. The lowest BCUT2D eigenvalue weighted by molar-refractivity contribution is 0.249. The number of nitrogens with one attached hydrogen (secondary N) is 2. The first-order valence-electron chi connectivity index (χ1n) is 8.60. The number of aromatic nitrogens is 2. The maximum absolute atomic E-state index is 12.2. The van der Waals surface area contributed by atoms with Gasteiger partial charge in [-0.15, -0.1) is 0 Å². The number of carbonyl (C=O) groups is 1. The molecule has 0 spiro atoms. The minimum absolute atomic E-state index is 0.180. The number of hydrogen-bond donors (Lipinski definition) is 2. The highest BCUT2D eigenvalue weighted by Crippen LogP contribution is 2.21. The van der Waals surface area contributed by atoms with Gasteiger partial charge in [0.05, 0.1) is 5.69 Å². The van der Waals surface area contributed by atoms with Gasteiger partial charge >= 0.3 is 6.03 Å². The molecular formula is C19H29N5O. The molecule has 6 heteroatoms. The van der Waals surface area contributed by atoms with Crippen molar-refractivity contribution in [1.82, 2.24) is 15.1 Å². The summed E-state index contributed by atoms with van der Waals surface area (Å²) in [5.74, 6) is 0.293. The molecule has 1 atom stereocenters. The Labute approximate surface area is 150 Å². The number of carbonyl (C=O) groups excluding carboxylic acids is 1. The summed E-state index contributed by atoms with van der Waals surface area (Å²) < 4.78 is 1.99. The Hall–Kier alpha value is -2.50. The average molecular weight is 343 g/mol. The Balaban J connectivity index is 1.85. The molecule has 0 saturated heterocycles. The monoisotopic (exact) mass is 343 g/mol. The van der Waals surface area contributed by atoms with Crippen LogP contribution >= 0.6 is 0 Å². The summed E-state index contributed by atoms with van der Waals surface area (Å²) in [5.41, 5.74) is 5.14. The Kier molecular flexibility index (Phi) is 6.07. The summed E-state index contributed by atoms with van der Waals surface area (Å²) in [7, 11) is 4.00. The SMILES string of the molecule is Cc1cc(C)n(CC(C)CNC(=O)Nc2ccc(N(C)C)cc2C)n1. The van der Waals surface area contributed by atoms with Crippen molar-refractivity contribution in [2.75, 3.05) is 30.9 Å². The van der Waals surface area contributed by atoms with E-state index in [2.05, 4.69) is 34.8 Å². The molecule has 0 saturated carbocycles. The van der Waals surface area contributed by atoms with Crippen molar-refractivity contribution in [3.63, 3.8) is 0 Å². The number of benzene rings is 1. The number of rotatable bonds is 6. The Morgan fingerprint density at radius 1 is 1.24 bits per heavy atom. The van der Waals surface area contributed by atoms with E-state index in [1.165, 1.54) is 0 Å². The third kappa shape index (κ3) is 5.24. The third-order valence-corrected chi connectivity index (χ3v) is 4.17. The maximum Gasteiger partial charge on any atom is 0.319 e. The topological polar surface area (TPSA) is 62.2 Å². The molecule has 2 aromatic rings. The fraction of sp³-hybridized carbons (Fsp3) is 0.474. The Bertz CT molecular complexity index is 735. The zero-order valence-electron chi connectivity index (χ0n) is 16.1. The highest BCUT2D eigenvalue weighted by atomic mass is 16.2. The van der Waals surface area contributed by atoms with E-state index in [9.17, 15) is 4.79 Å². The molecule has 1 aromatic carbocycles. The van der Waals surface area contributed by atoms with Gasteiger partial charge in [-0.05, 0) is 56.5 Å². The van der Waals surface area contributed by atoms with Gasteiger partial charge in [-0.1, -0.05) is 6.92 Å². The van der Waals surface area contributed by atoms with E-state index in [4.69, 9.17) is 0 Å². The van der Waals surface area contributed by atoms with Crippen LogP contribution in [0.5, 0.6) is 0 Å². The number of hydrogen-bond acceptors (Lipinski definition) is 3. The average Bonchev–Trinajstić information content (AvgIpc) is 2.84. The molecule has 0 aliphatic rings. The quantitative estimate of drug-likeness (QED) is 0.846. The fourth-order valence-electron chi connectivity index (χ4n) is 2.72. The van der Waals surface area contributed by atoms with Gasteiger partial charge < -0.3 is 15.5 Å². The molecule has 0 aliphatic heterocycles. The van der Waals surface area contributed by atoms with Crippen LogP contribution in [0.1, 0.15) is 23.9 Å². The van der Waals surface area contributed by atoms with Crippen LogP contribution < -0.4 is 15.5 Å². The molecule has 136 valence electrons. The molecule has 1 heterocycles. The maximum atomic E-state index is 12.2. The first kappa shape index (κ1) is 18.8. The van der Waals surface area contributed by atoms with E-state index < -0.39 is 0 Å². The highest BCUT2D eigenvalue weighted by molar-refractivity contribution is 5.90. The summed E-state index contributed by atoms with van der Waals surface area (Å²) in [6.07, 6.45) is 0. The minimum Gasteiger partial charge on any atom is -0.378 e. The molecule has 25 heavy (non-hydrogen) atoms. The van der Waals surface area contributed by atoms with Crippen molar-refractivity contribution in [3.05, 3.63) is 41.2 Å². The molecule has 1 unspecified atom stereocenters. The largest absolute Gasteiger partial charge is 0.378 e. The molecule has 2 rings (SSSR count). The van der Waals surface area contributed by atoms with Gasteiger partial charge in [0.15, 0.2) is 0 Å². The second-order valence-electron chi connectivity index (χ2n) is 6.94. The minimum atomic E-state index is -0.180. The molecule has 2 amide bonds. The Morgan fingerprint density at radius 2 is 1.96 bits per heavy atom. The lowest BCUT2D eigenvalue weighted by atomic mass is 10.1. The number of anilines is 2. The van der Waals surface area contributed by atoms with Crippen LogP contribution in [0, 0.1) is 26.7 Å². The molecule has 6 nitrogen and oxygen atoms in total. The van der Waals surface area contributed by atoms with Crippen molar-refractivity contribution in [2.45, 2.75) is 34.2 Å². The van der Waals surface area contributed by atoms with E-state index in [-0.39, 0.29) is 6.03 Å². The van der Waals surface area contributed by atoms with Gasteiger partial charge in [-0.25, -0.2) is 4.79 Å². The fourth-order valence-corrected chi connectivity index (χ4v) is 2.72. The third-order valence-electron chi connectivity index (χ3n) is 4.17. The summed E-state index contributed by atoms with van der Waals surface area (Å²) in [4.78, 5) is 14.2. The molecule has 0 fully saturated rings. The van der Waals surface area contributed by atoms with Crippen molar-refractivity contribution < 1.29 is 4.79 Å². The lowest BCUT2D eigenvalue weighted by Crippen LogP contribution is -2.34. The van der Waals surface area contributed by atoms with Gasteiger partial charge in [-0.2, -0.15) is 5.10 Å². The van der Waals surface area contributed by atoms with E-state index in [1.807, 2.05) is 56.6 Å². The summed E-state index contributed by atoms with van der Waals surface area (Å²) >= 11 is 0. The molecule has 2 N–H and O–H groups in total. The predicted molar refractivity (Wildman–Crippen MR) is 103 cm³/mol. The van der Waals surface area contributed by atoms with Gasteiger partial charge in [0, 0.05) is 44.3 Å². The van der Waals surface area contributed by atoms with Crippen molar-refractivity contribution in [1.29, 1.82) is 0 Å². The zero-order valence-corrected chi connectivity index (χ0v) is 16.1. The number of aryl methyl sites for hydroxylation is 3. The smallest absolute Gasteiger partial charge is 0.319 e. The van der Waals surface area contributed by atoms with E-state index in [1.54, 1.807) is 0 Å². The van der Waals surface area contributed by atoms with E-state index >= 15 is 0 Å². The second kappa shape index (κ2) is 8.05. The van der Waals surface area contributed by atoms with Crippen LogP contribution in [0.3, 0.4) is 0 Å². The van der Waals surface area contributed by atoms with Gasteiger partial charge in [-0.3, -0.25) is 4.68 Å². The molecular weight excluding hydrogens is 314 g/mol. The van der Waals surface area contributed by atoms with Crippen LogP contribution in [0.4, 0.5) is 16.2 Å². The van der Waals surface area contributed by atoms with Crippen molar-refractivity contribution in [3.8, 4) is 0 Å². The molecule has 1 aromatic heterocycles. The van der Waals surface area contributed by atoms with Gasteiger partial charge in [0.1, 0.15) is 0 Å². The van der Waals surface area contributed by atoms with Crippen LogP contribution in [0.25, 0.3) is 0 Å². The highest BCUT2D eigenvalue weighted by Gasteiger charge is 2.10. The van der Waals surface area contributed by atoms with Gasteiger partial charge in [0.25, 0.3) is 0 Å². The van der Waals surface area contributed by atoms with Crippen molar-refractivity contribution in [2.24, 2.45) is 5.92 Å². The summed E-state index contributed by atoms with van der Waals surface area (Å²) in [6, 6.07) is 7.87. The first-order valence-corrected chi connectivity index (χ1v) is 8.60. The summed E-state index contributed by atoms with van der Waals surface area (Å²) in [6.45, 7) is 9.52. The predicted octanol–water partition coefficient (Wildman–Crippen LogP) is 3.33. The zero-order chi connectivity index (χ0) is 18.6. The van der Waals surface area contributed by atoms with Crippen LogP contribution in [-0.4, -0.2) is 36.5 Å². The number of nitrogens with zero attached hydrogens (tertiary/aromatic N) is 3. The van der Waals surface area contributed by atoms with Crippen LogP contribution in [0.15, 0.2) is 24.3 Å². The Morgan fingerprint density at radius 3 is 2.52 bits per heavy atom. The number of urea groups is 1. The first-order chi connectivity index (χ1) is 11.8. The normalized spacial score (nSPS) is 11.9. The van der Waals surface area contributed by atoms with E-state index in [0.717, 1.165) is 34.9 Å². The van der Waals surface area contributed by atoms with Gasteiger partial charge in [0.2, 0.25) is 0 Å². The van der Waals surface area contributed by atoms with Crippen LogP contribution in [-0.2, 0) is 6.54 Å². The molecule has 0 radical (unpaired) electrons. The molecule has 0 bridgehead atoms. The molecule has 0 aliphatic carbocycles. The second-order valence-corrected chi connectivity index (χ2v) is 6.94. The standard InChI is InChI=1S/C19H29N5O/c1-13(12-24-16(4)10-15(3)22-24)11-20-19(25)21-18-8-7-17(23(5)6)9-14(18)2/h7-10,13H,11-12H2,1-6H3,(H2,20,21,25). The van der Waals surface area contributed by atoms with E-state index in [0.29, 0.717) is 12.5 Å². The van der Waals surface area contributed by atoms with Crippen molar-refractivity contribution >= 4 is 17.4 Å². The lowest BCUT2D eigenvalue weighted by Gasteiger charge is -2.17. The summed E-state index contributed by atoms with van der Waals surface area (Å²) in [5, 5.41) is 10.3. The van der Waals surface area contributed by atoms with Crippen LogP contribution in [0.2, 0.25) is 0 Å².